The van der Waals surface area contributed by atoms with Crippen LogP contribution in [0.25, 0.3) is 0 Å². The van der Waals surface area contributed by atoms with Crippen molar-refractivity contribution in [3.8, 4) is 0 Å². The first-order valence-electron chi connectivity index (χ1n) is 2.28. The summed E-state index contributed by atoms with van der Waals surface area (Å²) in [6.07, 6.45) is 0. The molecule has 52 valence electrons. The zero-order valence-corrected chi connectivity index (χ0v) is 6.75. The maximum Gasteiger partial charge on any atom is 2.00 e. The first kappa shape index (κ1) is 16.3. The molecular weight excluding hydrogens is 134 g/mol. The topological polar surface area (TPSA) is 81.3 Å². The SMILES string of the molecule is C1COCCN1.[Mg+2].[OH-].[OH-]. The van der Waals surface area contributed by atoms with Gasteiger partial charge in [-0.15, -0.1) is 0 Å². The molecular formula is C4H11MgNO3. The van der Waals surface area contributed by atoms with Crippen molar-refractivity contribution in [1.82, 2.24) is 5.32 Å². The van der Waals surface area contributed by atoms with Crippen molar-refractivity contribution in [1.29, 1.82) is 0 Å². The predicted octanol–water partition coefficient (Wildman–Crippen LogP) is -1.13. The molecule has 0 amide bonds. The Hall–Kier alpha value is 0.606. The van der Waals surface area contributed by atoms with Gasteiger partial charge in [-0.3, -0.25) is 0 Å². The van der Waals surface area contributed by atoms with Gasteiger partial charge in [0.15, 0.2) is 0 Å². The summed E-state index contributed by atoms with van der Waals surface area (Å²) in [4.78, 5) is 0. The molecule has 1 fully saturated rings. The monoisotopic (exact) mass is 145 g/mol. The van der Waals surface area contributed by atoms with Crippen molar-refractivity contribution in [2.75, 3.05) is 26.3 Å². The third-order valence-corrected chi connectivity index (χ3v) is 0.846. The van der Waals surface area contributed by atoms with Crippen LogP contribution in [0.3, 0.4) is 0 Å². The standard InChI is InChI=1S/C4H9NO.Mg.2H2O/c1-3-6-4-2-5-1;;;/h5H,1-4H2;;2*1H2/q;+2;;/p-2. The van der Waals surface area contributed by atoms with Crippen molar-refractivity contribution >= 4 is 23.1 Å². The van der Waals surface area contributed by atoms with Gasteiger partial charge in [0.1, 0.15) is 0 Å². The van der Waals surface area contributed by atoms with Crippen molar-refractivity contribution in [3.63, 3.8) is 0 Å². The second kappa shape index (κ2) is 11.4. The quantitative estimate of drug-likeness (QED) is 0.438. The molecule has 0 radical (unpaired) electrons. The Morgan fingerprint density at radius 3 is 1.56 bits per heavy atom. The maximum absolute atomic E-state index is 5.01. The summed E-state index contributed by atoms with van der Waals surface area (Å²) in [5.74, 6) is 0. The van der Waals surface area contributed by atoms with Crippen LogP contribution in [0.4, 0.5) is 0 Å². The molecule has 4 nitrogen and oxygen atoms in total. The second-order valence-corrected chi connectivity index (χ2v) is 1.36. The minimum Gasteiger partial charge on any atom is -0.870 e. The fourth-order valence-corrected chi connectivity index (χ4v) is 0.516. The zero-order chi connectivity index (χ0) is 4.24. The fourth-order valence-electron chi connectivity index (χ4n) is 0.516. The Labute approximate surface area is 70.7 Å². The second-order valence-electron chi connectivity index (χ2n) is 1.36. The average Bonchev–Trinajstić information content (AvgIpc) is 1.72. The van der Waals surface area contributed by atoms with Gasteiger partial charge in [-0.25, -0.2) is 0 Å². The summed E-state index contributed by atoms with van der Waals surface area (Å²) in [5.41, 5.74) is 0. The largest absolute Gasteiger partial charge is 2.00 e. The first-order valence-corrected chi connectivity index (χ1v) is 2.28. The van der Waals surface area contributed by atoms with E-state index in [0.717, 1.165) is 26.3 Å². The van der Waals surface area contributed by atoms with Crippen LogP contribution in [0.1, 0.15) is 0 Å². The number of rotatable bonds is 0. The maximum atomic E-state index is 5.01. The third-order valence-electron chi connectivity index (χ3n) is 0.846. The van der Waals surface area contributed by atoms with E-state index >= 15 is 0 Å². The molecule has 0 unspecified atom stereocenters. The van der Waals surface area contributed by atoms with Gasteiger partial charge in [-0.2, -0.15) is 0 Å². The molecule has 3 N–H and O–H groups in total. The molecule has 0 aromatic heterocycles. The molecule has 9 heavy (non-hydrogen) atoms. The van der Waals surface area contributed by atoms with Crippen molar-refractivity contribution in [3.05, 3.63) is 0 Å². The van der Waals surface area contributed by atoms with E-state index in [4.69, 9.17) is 4.74 Å². The molecule has 1 aliphatic rings. The Morgan fingerprint density at radius 2 is 1.44 bits per heavy atom. The summed E-state index contributed by atoms with van der Waals surface area (Å²) in [7, 11) is 0. The minimum atomic E-state index is 0. The van der Waals surface area contributed by atoms with Crippen molar-refractivity contribution < 1.29 is 15.7 Å². The van der Waals surface area contributed by atoms with Gasteiger partial charge in [-0.1, -0.05) is 0 Å². The van der Waals surface area contributed by atoms with Crippen LogP contribution in [0, 0.1) is 0 Å². The average molecular weight is 145 g/mol. The number of nitrogens with one attached hydrogen (secondary N) is 1. The fraction of sp³-hybridized carbons (Fsp3) is 1.00. The van der Waals surface area contributed by atoms with Crippen LogP contribution in [0.5, 0.6) is 0 Å². The van der Waals surface area contributed by atoms with E-state index in [1.54, 1.807) is 0 Å². The van der Waals surface area contributed by atoms with Gasteiger partial charge >= 0.3 is 23.1 Å². The number of hydrogen-bond donors (Lipinski definition) is 1. The van der Waals surface area contributed by atoms with Crippen LogP contribution < -0.4 is 5.32 Å². The summed E-state index contributed by atoms with van der Waals surface area (Å²) in [5, 5.41) is 3.16. The zero-order valence-electron chi connectivity index (χ0n) is 5.34. The van der Waals surface area contributed by atoms with Gasteiger partial charge in [0, 0.05) is 13.1 Å². The van der Waals surface area contributed by atoms with Crippen LogP contribution in [-0.2, 0) is 4.74 Å². The van der Waals surface area contributed by atoms with Crippen molar-refractivity contribution in [2.45, 2.75) is 0 Å². The number of hydrogen-bond acceptors (Lipinski definition) is 4. The molecule has 0 aromatic rings. The summed E-state index contributed by atoms with van der Waals surface area (Å²) < 4.78 is 5.01. The molecule has 0 spiro atoms. The molecule has 0 aromatic carbocycles. The molecule has 1 aliphatic heterocycles. The van der Waals surface area contributed by atoms with Crippen molar-refractivity contribution in [2.24, 2.45) is 0 Å². The molecule has 1 rings (SSSR count). The van der Waals surface area contributed by atoms with Crippen LogP contribution in [-0.4, -0.2) is 60.3 Å². The van der Waals surface area contributed by atoms with Gasteiger partial charge in [0.25, 0.3) is 0 Å². The number of ether oxygens (including phenoxy) is 1. The van der Waals surface area contributed by atoms with Crippen LogP contribution in [0.2, 0.25) is 0 Å². The molecule has 1 saturated heterocycles. The Bertz CT molecular complexity index is 31.3. The van der Waals surface area contributed by atoms with E-state index in [9.17, 15) is 0 Å². The summed E-state index contributed by atoms with van der Waals surface area (Å²) in [6, 6.07) is 0. The summed E-state index contributed by atoms with van der Waals surface area (Å²) >= 11 is 0. The predicted molar refractivity (Wildman–Crippen MR) is 33.3 cm³/mol. The molecule has 0 aliphatic carbocycles. The molecule has 5 heteroatoms. The van der Waals surface area contributed by atoms with E-state index in [2.05, 4.69) is 5.32 Å². The smallest absolute Gasteiger partial charge is 0.870 e. The molecule has 1 heterocycles. The van der Waals surface area contributed by atoms with Crippen LogP contribution >= 0.6 is 0 Å². The van der Waals surface area contributed by atoms with E-state index in [1.165, 1.54) is 0 Å². The van der Waals surface area contributed by atoms with E-state index in [0.29, 0.717) is 0 Å². The van der Waals surface area contributed by atoms with Gasteiger partial charge in [0.05, 0.1) is 13.2 Å². The Balaban J connectivity index is -0.000000120. The normalized spacial score (nSPS) is 16.0. The molecule has 0 bridgehead atoms. The molecule has 0 saturated carbocycles. The Morgan fingerprint density at radius 1 is 1.00 bits per heavy atom. The first-order chi connectivity index (χ1) is 3.00. The van der Waals surface area contributed by atoms with E-state index in [1.807, 2.05) is 0 Å². The van der Waals surface area contributed by atoms with Crippen LogP contribution in [0.15, 0.2) is 0 Å². The third kappa shape index (κ3) is 8.61. The van der Waals surface area contributed by atoms with Gasteiger partial charge in [-0.05, 0) is 0 Å². The summed E-state index contributed by atoms with van der Waals surface area (Å²) in [6.45, 7) is 3.83. The molecule has 0 atom stereocenters. The Kier molecular flexibility index (Phi) is 20.7. The van der Waals surface area contributed by atoms with Gasteiger partial charge < -0.3 is 21.0 Å². The van der Waals surface area contributed by atoms with E-state index < -0.39 is 0 Å². The van der Waals surface area contributed by atoms with Gasteiger partial charge in [0.2, 0.25) is 0 Å². The van der Waals surface area contributed by atoms with E-state index in [-0.39, 0.29) is 34.0 Å². The minimum absolute atomic E-state index is 0. The number of morpholine rings is 1.